The molecule has 1 amide bonds. The van der Waals surface area contributed by atoms with Gasteiger partial charge in [0, 0.05) is 29.4 Å². The van der Waals surface area contributed by atoms with Crippen LogP contribution in [0, 0.1) is 0 Å². The van der Waals surface area contributed by atoms with Gasteiger partial charge in [0.1, 0.15) is 0 Å². The van der Waals surface area contributed by atoms with E-state index in [0.29, 0.717) is 18.0 Å². The lowest BCUT2D eigenvalue weighted by Crippen LogP contribution is -2.16. The summed E-state index contributed by atoms with van der Waals surface area (Å²) in [5, 5.41) is 9.06. The average Bonchev–Trinajstić information content (AvgIpc) is 2.55. The van der Waals surface area contributed by atoms with Gasteiger partial charge < -0.3 is 10.6 Å². The van der Waals surface area contributed by atoms with E-state index in [1.165, 1.54) is 0 Å². The monoisotopic (exact) mass is 324 g/mol. The van der Waals surface area contributed by atoms with Crippen molar-refractivity contribution in [3.8, 4) is 0 Å². The van der Waals surface area contributed by atoms with E-state index in [0.717, 1.165) is 22.1 Å². The van der Waals surface area contributed by atoms with Gasteiger partial charge in [0.2, 0.25) is 5.91 Å². The number of carbonyl (C=O) groups excluding carboxylic acids is 1. The topological polar surface area (TPSA) is 41.1 Å². The third kappa shape index (κ3) is 4.24. The lowest BCUT2D eigenvalue weighted by atomic mass is 10.1. The molecule has 0 radical (unpaired) electrons. The number of benzene rings is 3. The number of fused-ring (bicyclic) bond motifs is 1. The highest BCUT2D eigenvalue weighted by Gasteiger charge is 2.03. The predicted octanol–water partition coefficient (Wildman–Crippen LogP) is 4.93. The van der Waals surface area contributed by atoms with E-state index in [4.69, 9.17) is 11.6 Å². The number of hydrogen-bond donors (Lipinski definition) is 2. The van der Waals surface area contributed by atoms with Crippen LogP contribution in [0.5, 0.6) is 0 Å². The zero-order valence-corrected chi connectivity index (χ0v) is 13.3. The molecular formula is C19H17ClN2O. The van der Waals surface area contributed by atoms with Crippen LogP contribution in [0.25, 0.3) is 10.8 Å². The number of rotatable bonds is 5. The number of nitrogens with one attached hydrogen (secondary N) is 2. The van der Waals surface area contributed by atoms with Crippen molar-refractivity contribution < 1.29 is 4.79 Å². The largest absolute Gasteiger partial charge is 0.384 e. The van der Waals surface area contributed by atoms with Crippen LogP contribution >= 0.6 is 11.6 Å². The molecule has 3 aromatic rings. The van der Waals surface area contributed by atoms with E-state index in [1.54, 1.807) is 0 Å². The minimum absolute atomic E-state index is 0.0187. The van der Waals surface area contributed by atoms with Crippen molar-refractivity contribution >= 4 is 39.7 Å². The minimum Gasteiger partial charge on any atom is -0.384 e. The Bertz CT molecular complexity index is 832. The second-order valence-corrected chi connectivity index (χ2v) is 5.73. The van der Waals surface area contributed by atoms with Crippen molar-refractivity contribution in [1.82, 2.24) is 0 Å². The van der Waals surface area contributed by atoms with E-state index in [-0.39, 0.29) is 5.91 Å². The zero-order chi connectivity index (χ0) is 16.1. The summed E-state index contributed by atoms with van der Waals surface area (Å²) in [5.74, 6) is -0.0187. The van der Waals surface area contributed by atoms with Crippen molar-refractivity contribution in [3.63, 3.8) is 0 Å². The molecule has 0 aliphatic heterocycles. The molecule has 3 nitrogen and oxygen atoms in total. The van der Waals surface area contributed by atoms with Gasteiger partial charge in [-0.1, -0.05) is 48.0 Å². The van der Waals surface area contributed by atoms with Gasteiger partial charge in [-0.15, -0.1) is 0 Å². The first-order valence-electron chi connectivity index (χ1n) is 7.49. The van der Waals surface area contributed by atoms with Crippen LogP contribution in [0.3, 0.4) is 0 Å². The molecule has 4 heteroatoms. The summed E-state index contributed by atoms with van der Waals surface area (Å²) in [4.78, 5) is 12.0. The van der Waals surface area contributed by atoms with Gasteiger partial charge in [-0.2, -0.15) is 0 Å². The summed E-state index contributed by atoms with van der Waals surface area (Å²) in [5.41, 5.74) is 1.73. The van der Waals surface area contributed by atoms with Crippen molar-refractivity contribution in [2.45, 2.75) is 6.42 Å². The van der Waals surface area contributed by atoms with E-state index >= 15 is 0 Å². The zero-order valence-electron chi connectivity index (χ0n) is 12.6. The maximum Gasteiger partial charge on any atom is 0.226 e. The third-order valence-electron chi connectivity index (χ3n) is 3.54. The summed E-state index contributed by atoms with van der Waals surface area (Å²) in [7, 11) is 0. The van der Waals surface area contributed by atoms with Gasteiger partial charge in [0.15, 0.2) is 0 Å². The van der Waals surface area contributed by atoms with Gasteiger partial charge >= 0.3 is 0 Å². The summed E-state index contributed by atoms with van der Waals surface area (Å²) >= 11 is 5.92. The summed E-state index contributed by atoms with van der Waals surface area (Å²) in [6.45, 7) is 0.555. The predicted molar refractivity (Wildman–Crippen MR) is 97.1 cm³/mol. The lowest BCUT2D eigenvalue weighted by molar-refractivity contribution is -0.115. The number of hydrogen-bond acceptors (Lipinski definition) is 2. The quantitative estimate of drug-likeness (QED) is 0.698. The fourth-order valence-corrected chi connectivity index (χ4v) is 2.60. The first-order valence-corrected chi connectivity index (χ1v) is 7.86. The molecule has 0 heterocycles. The van der Waals surface area contributed by atoms with Gasteiger partial charge in [0.05, 0.1) is 0 Å². The molecule has 0 fully saturated rings. The lowest BCUT2D eigenvalue weighted by Gasteiger charge is -2.08. The van der Waals surface area contributed by atoms with Crippen LogP contribution in [-0.2, 0) is 4.79 Å². The van der Waals surface area contributed by atoms with Crippen LogP contribution in [0.2, 0.25) is 5.02 Å². The third-order valence-corrected chi connectivity index (χ3v) is 3.77. The standard InChI is InChI=1S/C19H17ClN2O/c20-16-6-3-7-17(13-16)21-11-10-19(23)22-18-9-8-14-4-1-2-5-15(14)12-18/h1-9,12-13,21H,10-11H2,(H,22,23). The Kier molecular flexibility index (Phi) is 4.79. The van der Waals surface area contributed by atoms with E-state index in [1.807, 2.05) is 60.7 Å². The highest BCUT2D eigenvalue weighted by Crippen LogP contribution is 2.19. The van der Waals surface area contributed by atoms with E-state index < -0.39 is 0 Å². The van der Waals surface area contributed by atoms with Crippen LogP contribution < -0.4 is 10.6 Å². The number of amides is 1. The molecule has 0 unspecified atom stereocenters. The minimum atomic E-state index is -0.0187. The SMILES string of the molecule is O=C(CCNc1cccc(Cl)c1)Nc1ccc2ccccc2c1. The molecular weight excluding hydrogens is 308 g/mol. The molecule has 0 saturated carbocycles. The van der Waals surface area contributed by atoms with Crippen LogP contribution in [-0.4, -0.2) is 12.5 Å². The molecule has 0 atom stereocenters. The fraction of sp³-hybridized carbons (Fsp3) is 0.105. The van der Waals surface area contributed by atoms with Gasteiger partial charge in [0.25, 0.3) is 0 Å². The fourth-order valence-electron chi connectivity index (χ4n) is 2.41. The molecule has 0 saturated heterocycles. The Morgan fingerprint density at radius 1 is 0.870 bits per heavy atom. The van der Waals surface area contributed by atoms with Gasteiger partial charge in [-0.3, -0.25) is 4.79 Å². The van der Waals surface area contributed by atoms with E-state index in [2.05, 4.69) is 16.7 Å². The molecule has 116 valence electrons. The van der Waals surface area contributed by atoms with Crippen molar-refractivity contribution in [2.75, 3.05) is 17.2 Å². The number of carbonyl (C=O) groups is 1. The maximum atomic E-state index is 12.0. The van der Waals surface area contributed by atoms with Crippen molar-refractivity contribution in [3.05, 3.63) is 71.8 Å². The summed E-state index contributed by atoms with van der Waals surface area (Å²) in [6, 6.07) is 21.4. The molecule has 0 aliphatic carbocycles. The molecule has 0 aliphatic rings. The average molecular weight is 325 g/mol. The van der Waals surface area contributed by atoms with Gasteiger partial charge in [-0.05, 0) is 41.1 Å². The Balaban J connectivity index is 1.54. The van der Waals surface area contributed by atoms with Crippen LogP contribution in [0.1, 0.15) is 6.42 Å². The molecule has 3 rings (SSSR count). The van der Waals surface area contributed by atoms with E-state index in [9.17, 15) is 4.79 Å². The first kappa shape index (κ1) is 15.4. The molecule has 0 bridgehead atoms. The Hall–Kier alpha value is -2.52. The molecule has 0 spiro atoms. The molecule has 2 N–H and O–H groups in total. The number of halogens is 1. The van der Waals surface area contributed by atoms with Crippen LogP contribution in [0.15, 0.2) is 66.7 Å². The second kappa shape index (κ2) is 7.16. The summed E-state index contributed by atoms with van der Waals surface area (Å²) in [6.07, 6.45) is 0.388. The summed E-state index contributed by atoms with van der Waals surface area (Å²) < 4.78 is 0. The van der Waals surface area contributed by atoms with Crippen molar-refractivity contribution in [1.29, 1.82) is 0 Å². The first-order chi connectivity index (χ1) is 11.2. The second-order valence-electron chi connectivity index (χ2n) is 5.30. The highest BCUT2D eigenvalue weighted by molar-refractivity contribution is 6.30. The Morgan fingerprint density at radius 3 is 2.52 bits per heavy atom. The Morgan fingerprint density at radius 2 is 1.70 bits per heavy atom. The highest BCUT2D eigenvalue weighted by atomic mass is 35.5. The van der Waals surface area contributed by atoms with Crippen molar-refractivity contribution in [2.24, 2.45) is 0 Å². The Labute approximate surface area is 140 Å². The molecule has 0 aromatic heterocycles. The normalized spacial score (nSPS) is 10.5. The number of anilines is 2. The van der Waals surface area contributed by atoms with Crippen LogP contribution in [0.4, 0.5) is 11.4 Å². The van der Waals surface area contributed by atoms with Gasteiger partial charge in [-0.25, -0.2) is 0 Å². The smallest absolute Gasteiger partial charge is 0.226 e. The molecule has 3 aromatic carbocycles. The maximum absolute atomic E-state index is 12.0. The molecule has 23 heavy (non-hydrogen) atoms.